The van der Waals surface area contributed by atoms with Gasteiger partial charge in [0.25, 0.3) is 0 Å². The van der Waals surface area contributed by atoms with Crippen LogP contribution >= 0.6 is 0 Å². The number of para-hydroxylation sites is 2. The van der Waals surface area contributed by atoms with Crippen molar-refractivity contribution in [1.82, 2.24) is 0 Å². The third-order valence-corrected chi connectivity index (χ3v) is 6.98. The lowest BCUT2D eigenvalue weighted by Crippen LogP contribution is -2.04. The molecule has 33 heavy (non-hydrogen) atoms. The summed E-state index contributed by atoms with van der Waals surface area (Å²) in [6, 6.07) is 26.0. The molecule has 5 aromatic rings. The Labute approximate surface area is 196 Å². The summed E-state index contributed by atoms with van der Waals surface area (Å²) in [6.07, 6.45) is 6.52. The molecule has 0 saturated heterocycles. The lowest BCUT2D eigenvalue weighted by Gasteiger charge is -2.22. The Morgan fingerprint density at radius 3 is 2.24 bits per heavy atom. The first kappa shape index (κ1) is 21.6. The number of aryl methyl sites for hydroxylation is 1. The second-order valence-electron chi connectivity index (χ2n) is 8.95. The molecule has 2 heteroatoms. The van der Waals surface area contributed by atoms with Crippen molar-refractivity contribution >= 4 is 44.1 Å². The van der Waals surface area contributed by atoms with E-state index < -0.39 is 0 Å². The van der Waals surface area contributed by atoms with Gasteiger partial charge in [0.15, 0.2) is 5.58 Å². The third kappa shape index (κ3) is 3.88. The van der Waals surface area contributed by atoms with Gasteiger partial charge in [0.1, 0.15) is 5.58 Å². The molecule has 1 fully saturated rings. The summed E-state index contributed by atoms with van der Waals surface area (Å²) in [5, 5.41) is 8.69. The van der Waals surface area contributed by atoms with Gasteiger partial charge in [-0.15, -0.1) is 0 Å². The Kier molecular flexibility index (Phi) is 6.09. The van der Waals surface area contributed by atoms with Crippen molar-refractivity contribution in [3.05, 3.63) is 83.9 Å². The van der Waals surface area contributed by atoms with Crippen LogP contribution in [0.2, 0.25) is 0 Å². The number of hydrogen-bond donors (Lipinski definition) is 1. The Bertz CT molecular complexity index is 1410. The summed E-state index contributed by atoms with van der Waals surface area (Å²) in [5.74, 6) is 0.592. The van der Waals surface area contributed by atoms with Crippen molar-refractivity contribution < 1.29 is 4.42 Å². The predicted molar refractivity (Wildman–Crippen MR) is 143 cm³/mol. The first-order valence-electron chi connectivity index (χ1n) is 12.5. The van der Waals surface area contributed by atoms with E-state index in [1.807, 2.05) is 13.8 Å². The molecule has 0 spiro atoms. The van der Waals surface area contributed by atoms with Crippen LogP contribution in [0.25, 0.3) is 32.7 Å². The topological polar surface area (TPSA) is 25.2 Å². The van der Waals surface area contributed by atoms with Gasteiger partial charge < -0.3 is 9.73 Å². The molecule has 168 valence electrons. The molecule has 0 bridgehead atoms. The summed E-state index contributed by atoms with van der Waals surface area (Å²) in [7, 11) is 0. The molecule has 0 unspecified atom stereocenters. The Morgan fingerprint density at radius 2 is 1.42 bits per heavy atom. The van der Waals surface area contributed by atoms with Gasteiger partial charge in [0, 0.05) is 16.5 Å². The van der Waals surface area contributed by atoms with Gasteiger partial charge in [-0.2, -0.15) is 0 Å². The molecule has 0 aliphatic heterocycles. The van der Waals surface area contributed by atoms with Crippen molar-refractivity contribution in [2.45, 2.75) is 58.8 Å². The Balaban J connectivity index is 0.00000111. The van der Waals surface area contributed by atoms with Crippen LogP contribution in [0, 0.1) is 6.92 Å². The first-order chi connectivity index (χ1) is 16.3. The SMILES string of the molecule is CC.Cc1ccccc1Nc1cccc2c1oc1c(C3CCCCC3)cc3ccccc3c12. The lowest BCUT2D eigenvalue weighted by molar-refractivity contribution is 0.442. The fraction of sp³-hybridized carbons (Fsp3) is 0.290. The number of hydrogen-bond acceptors (Lipinski definition) is 2. The highest BCUT2D eigenvalue weighted by atomic mass is 16.3. The molecular formula is C31H33NO. The molecule has 1 aliphatic rings. The molecule has 4 aromatic carbocycles. The van der Waals surface area contributed by atoms with Crippen LogP contribution < -0.4 is 5.32 Å². The van der Waals surface area contributed by atoms with Crippen LogP contribution in [0.5, 0.6) is 0 Å². The van der Waals surface area contributed by atoms with Gasteiger partial charge in [-0.25, -0.2) is 0 Å². The number of furan rings is 1. The van der Waals surface area contributed by atoms with Gasteiger partial charge in [0.2, 0.25) is 0 Å². The highest BCUT2D eigenvalue weighted by Crippen LogP contribution is 2.44. The number of benzene rings is 4. The molecule has 0 atom stereocenters. The fourth-order valence-corrected chi connectivity index (χ4v) is 5.35. The van der Waals surface area contributed by atoms with Crippen LogP contribution in [0.3, 0.4) is 0 Å². The van der Waals surface area contributed by atoms with Gasteiger partial charge >= 0.3 is 0 Å². The minimum atomic E-state index is 0.592. The fourth-order valence-electron chi connectivity index (χ4n) is 5.35. The standard InChI is InChI=1S/C29H27NO.C2H6/c1-19-10-5-8-16-25(19)30-26-17-9-15-23-27-22-14-7-6-13-21(22)18-24(29(27)31-28(23)26)20-11-3-2-4-12-20;1-2/h5-10,13-18,20,30H,2-4,11-12H2,1H3;1-2H3. The first-order valence-corrected chi connectivity index (χ1v) is 12.5. The highest BCUT2D eigenvalue weighted by molar-refractivity contribution is 6.21. The van der Waals surface area contributed by atoms with Crippen molar-refractivity contribution in [2.24, 2.45) is 0 Å². The predicted octanol–water partition coefficient (Wildman–Crippen LogP) is 9.87. The van der Waals surface area contributed by atoms with E-state index in [0.717, 1.165) is 22.5 Å². The maximum atomic E-state index is 6.73. The second kappa shape index (κ2) is 9.31. The molecule has 2 nitrogen and oxygen atoms in total. The number of fused-ring (bicyclic) bond motifs is 5. The molecule has 6 rings (SSSR count). The quantitative estimate of drug-likeness (QED) is 0.305. The van der Waals surface area contributed by atoms with E-state index in [-0.39, 0.29) is 0 Å². The smallest absolute Gasteiger partial charge is 0.158 e. The van der Waals surface area contributed by atoms with Gasteiger partial charge in [-0.3, -0.25) is 0 Å². The van der Waals surface area contributed by atoms with Crippen LogP contribution in [0.15, 0.2) is 77.2 Å². The molecule has 1 N–H and O–H groups in total. The maximum Gasteiger partial charge on any atom is 0.158 e. The van der Waals surface area contributed by atoms with E-state index in [1.54, 1.807) is 0 Å². The minimum Gasteiger partial charge on any atom is -0.454 e. The number of anilines is 2. The van der Waals surface area contributed by atoms with Crippen molar-refractivity contribution in [3.63, 3.8) is 0 Å². The molecule has 1 aromatic heterocycles. The highest BCUT2D eigenvalue weighted by Gasteiger charge is 2.23. The largest absolute Gasteiger partial charge is 0.454 e. The van der Waals surface area contributed by atoms with Crippen LogP contribution in [-0.2, 0) is 0 Å². The van der Waals surface area contributed by atoms with Crippen LogP contribution in [-0.4, -0.2) is 0 Å². The van der Waals surface area contributed by atoms with Crippen molar-refractivity contribution in [1.29, 1.82) is 0 Å². The van der Waals surface area contributed by atoms with Gasteiger partial charge in [-0.05, 0) is 65.8 Å². The van der Waals surface area contributed by atoms with E-state index in [0.29, 0.717) is 5.92 Å². The Hall–Kier alpha value is -3.26. The molecule has 1 saturated carbocycles. The average Bonchev–Trinajstić information content (AvgIpc) is 3.28. The van der Waals surface area contributed by atoms with Gasteiger partial charge in [-0.1, -0.05) is 87.7 Å². The molecule has 0 radical (unpaired) electrons. The zero-order valence-electron chi connectivity index (χ0n) is 19.9. The monoisotopic (exact) mass is 435 g/mol. The normalized spacial score (nSPS) is 14.4. The van der Waals surface area contributed by atoms with Crippen LogP contribution in [0.1, 0.15) is 63.0 Å². The van der Waals surface area contributed by atoms with Gasteiger partial charge in [0.05, 0.1) is 5.69 Å². The van der Waals surface area contributed by atoms with Crippen LogP contribution in [0.4, 0.5) is 11.4 Å². The summed E-state index contributed by atoms with van der Waals surface area (Å²) < 4.78 is 6.73. The summed E-state index contributed by atoms with van der Waals surface area (Å²) in [5.41, 5.74) is 6.80. The van der Waals surface area contributed by atoms with Crippen molar-refractivity contribution in [2.75, 3.05) is 5.32 Å². The maximum absolute atomic E-state index is 6.73. The number of rotatable bonds is 3. The third-order valence-electron chi connectivity index (χ3n) is 6.98. The second-order valence-corrected chi connectivity index (χ2v) is 8.95. The van der Waals surface area contributed by atoms with E-state index >= 15 is 0 Å². The summed E-state index contributed by atoms with van der Waals surface area (Å²) in [4.78, 5) is 0. The zero-order chi connectivity index (χ0) is 22.8. The zero-order valence-corrected chi connectivity index (χ0v) is 19.9. The van der Waals surface area contributed by atoms with E-state index in [9.17, 15) is 0 Å². The molecular weight excluding hydrogens is 402 g/mol. The molecule has 1 heterocycles. The average molecular weight is 436 g/mol. The van der Waals surface area contributed by atoms with E-state index in [1.165, 1.54) is 64.8 Å². The van der Waals surface area contributed by atoms with E-state index in [4.69, 9.17) is 4.42 Å². The Morgan fingerprint density at radius 1 is 0.727 bits per heavy atom. The molecule has 0 amide bonds. The summed E-state index contributed by atoms with van der Waals surface area (Å²) >= 11 is 0. The lowest BCUT2D eigenvalue weighted by atomic mass is 9.82. The van der Waals surface area contributed by atoms with E-state index in [2.05, 4.69) is 85.0 Å². The molecule has 1 aliphatic carbocycles. The minimum absolute atomic E-state index is 0.592. The number of nitrogens with one attached hydrogen (secondary N) is 1. The van der Waals surface area contributed by atoms with Crippen molar-refractivity contribution in [3.8, 4) is 0 Å². The summed E-state index contributed by atoms with van der Waals surface area (Å²) in [6.45, 7) is 6.13.